The number of hydrogen-bond donors (Lipinski definition) is 0. The van der Waals surface area contributed by atoms with E-state index in [1.807, 2.05) is 0 Å². The summed E-state index contributed by atoms with van der Waals surface area (Å²) in [5, 5.41) is 0. The molecule has 0 radical (unpaired) electrons. The lowest BCUT2D eigenvalue weighted by Gasteiger charge is -2.28. The maximum atomic E-state index is 11.9. The fraction of sp³-hybridized carbons (Fsp3) is 0.737. The van der Waals surface area contributed by atoms with Crippen LogP contribution in [-0.2, 0) is 4.79 Å². The van der Waals surface area contributed by atoms with Gasteiger partial charge in [0.15, 0.2) is 0 Å². The van der Waals surface area contributed by atoms with Gasteiger partial charge in [0.25, 0.3) is 0 Å². The topological polar surface area (TPSA) is 17.1 Å². The van der Waals surface area contributed by atoms with Crippen LogP contribution in [0.15, 0.2) is 24.3 Å². The highest BCUT2D eigenvalue weighted by molar-refractivity contribution is 5.78. The lowest BCUT2D eigenvalue weighted by atomic mass is 9.76. The van der Waals surface area contributed by atoms with Gasteiger partial charge in [-0.15, -0.1) is 6.58 Å². The van der Waals surface area contributed by atoms with E-state index in [1.165, 1.54) is 5.57 Å². The Balaban J connectivity index is 4.35. The monoisotopic (exact) mass is 278 g/mol. The Morgan fingerprint density at radius 2 is 1.80 bits per heavy atom. The third kappa shape index (κ3) is 9.12. The molecule has 1 nitrogen and oxygen atoms in total. The summed E-state index contributed by atoms with van der Waals surface area (Å²) in [4.78, 5) is 11.9. The molecule has 0 bridgehead atoms. The van der Waals surface area contributed by atoms with Gasteiger partial charge in [-0.2, -0.15) is 0 Å². The minimum atomic E-state index is 0.142. The Labute approximate surface area is 126 Å². The van der Waals surface area contributed by atoms with Crippen LogP contribution in [0.5, 0.6) is 0 Å². The maximum Gasteiger partial charge on any atom is 0.133 e. The molecule has 0 saturated heterocycles. The molecule has 0 aliphatic rings. The van der Waals surface area contributed by atoms with Crippen molar-refractivity contribution in [1.29, 1.82) is 0 Å². The van der Waals surface area contributed by atoms with E-state index in [2.05, 4.69) is 60.3 Å². The van der Waals surface area contributed by atoms with Gasteiger partial charge in [-0.05, 0) is 50.4 Å². The molecule has 0 aliphatic carbocycles. The van der Waals surface area contributed by atoms with E-state index in [0.717, 1.165) is 19.3 Å². The lowest BCUT2D eigenvalue weighted by Crippen LogP contribution is -2.19. The van der Waals surface area contributed by atoms with E-state index in [0.29, 0.717) is 30.5 Å². The molecule has 116 valence electrons. The standard InChI is InChI=1S/C19H34O/c1-8-19(7,11-9-10-15(2)3)14-17(6)13-18(20)12-16(4)5/h8,10,16-17H,1,9,11-14H2,2-7H3. The van der Waals surface area contributed by atoms with E-state index in [-0.39, 0.29) is 5.41 Å². The fourth-order valence-electron chi connectivity index (χ4n) is 2.77. The molecule has 20 heavy (non-hydrogen) atoms. The lowest BCUT2D eigenvalue weighted by molar-refractivity contribution is -0.120. The van der Waals surface area contributed by atoms with Crippen LogP contribution >= 0.6 is 0 Å². The highest BCUT2D eigenvalue weighted by atomic mass is 16.1. The summed E-state index contributed by atoms with van der Waals surface area (Å²) in [5.41, 5.74) is 1.51. The van der Waals surface area contributed by atoms with Gasteiger partial charge in [-0.3, -0.25) is 4.79 Å². The van der Waals surface area contributed by atoms with Gasteiger partial charge in [-0.25, -0.2) is 0 Å². The van der Waals surface area contributed by atoms with Crippen molar-refractivity contribution in [2.45, 2.75) is 73.6 Å². The minimum Gasteiger partial charge on any atom is -0.300 e. The fourth-order valence-corrected chi connectivity index (χ4v) is 2.77. The third-order valence-corrected chi connectivity index (χ3v) is 3.79. The van der Waals surface area contributed by atoms with Crippen LogP contribution in [0.1, 0.15) is 73.6 Å². The van der Waals surface area contributed by atoms with Crippen LogP contribution in [0.3, 0.4) is 0 Å². The highest BCUT2D eigenvalue weighted by Gasteiger charge is 2.23. The maximum absolute atomic E-state index is 11.9. The van der Waals surface area contributed by atoms with E-state index >= 15 is 0 Å². The second-order valence-corrected chi connectivity index (χ2v) is 7.33. The van der Waals surface area contributed by atoms with E-state index in [9.17, 15) is 4.79 Å². The molecule has 0 heterocycles. The Kier molecular flexibility index (Phi) is 8.76. The molecule has 2 unspecified atom stereocenters. The molecule has 0 saturated carbocycles. The Morgan fingerprint density at radius 3 is 2.25 bits per heavy atom. The molecule has 0 aromatic carbocycles. The molecule has 0 N–H and O–H groups in total. The average Bonchev–Trinajstić information content (AvgIpc) is 2.26. The van der Waals surface area contributed by atoms with E-state index < -0.39 is 0 Å². The van der Waals surface area contributed by atoms with Crippen molar-refractivity contribution in [1.82, 2.24) is 0 Å². The van der Waals surface area contributed by atoms with Gasteiger partial charge in [0.2, 0.25) is 0 Å². The molecular weight excluding hydrogens is 244 g/mol. The predicted molar refractivity (Wildman–Crippen MR) is 89.8 cm³/mol. The quantitative estimate of drug-likeness (QED) is 0.451. The van der Waals surface area contributed by atoms with Crippen molar-refractivity contribution in [3.05, 3.63) is 24.3 Å². The zero-order valence-corrected chi connectivity index (χ0v) is 14.5. The number of Topliss-reactive ketones (excluding diaryl/α,β-unsaturated/α-hetero) is 1. The zero-order chi connectivity index (χ0) is 15.8. The first-order chi connectivity index (χ1) is 9.18. The van der Waals surface area contributed by atoms with Crippen LogP contribution in [-0.4, -0.2) is 5.78 Å². The smallest absolute Gasteiger partial charge is 0.133 e. The van der Waals surface area contributed by atoms with Crippen LogP contribution in [0.4, 0.5) is 0 Å². The highest BCUT2D eigenvalue weighted by Crippen LogP contribution is 2.34. The van der Waals surface area contributed by atoms with Gasteiger partial charge in [0.1, 0.15) is 5.78 Å². The molecule has 0 aromatic heterocycles. The summed E-state index contributed by atoms with van der Waals surface area (Å²) in [6, 6.07) is 0. The summed E-state index contributed by atoms with van der Waals surface area (Å²) >= 11 is 0. The molecule has 0 aliphatic heterocycles. The second-order valence-electron chi connectivity index (χ2n) is 7.33. The van der Waals surface area contributed by atoms with Gasteiger partial charge in [0, 0.05) is 12.8 Å². The molecular formula is C19H34O. The van der Waals surface area contributed by atoms with Crippen LogP contribution in [0, 0.1) is 17.3 Å². The van der Waals surface area contributed by atoms with Crippen molar-refractivity contribution in [2.75, 3.05) is 0 Å². The first kappa shape index (κ1) is 19.1. The SMILES string of the molecule is C=CC(C)(CCC=C(C)C)CC(C)CC(=O)CC(C)C. The van der Waals surface area contributed by atoms with Gasteiger partial charge < -0.3 is 0 Å². The summed E-state index contributed by atoms with van der Waals surface area (Å²) in [6.45, 7) is 17.0. The number of rotatable bonds is 10. The van der Waals surface area contributed by atoms with E-state index in [4.69, 9.17) is 0 Å². The third-order valence-electron chi connectivity index (χ3n) is 3.79. The van der Waals surface area contributed by atoms with E-state index in [1.54, 1.807) is 0 Å². The van der Waals surface area contributed by atoms with Gasteiger partial charge in [0.05, 0.1) is 0 Å². The summed E-state index contributed by atoms with van der Waals surface area (Å²) in [5.74, 6) is 1.32. The number of hydrogen-bond acceptors (Lipinski definition) is 1. The number of ketones is 1. The molecule has 0 rings (SSSR count). The molecule has 0 fully saturated rings. The van der Waals surface area contributed by atoms with Crippen LogP contribution in [0.2, 0.25) is 0 Å². The summed E-state index contributed by atoms with van der Waals surface area (Å²) < 4.78 is 0. The minimum absolute atomic E-state index is 0.142. The van der Waals surface area contributed by atoms with Crippen LogP contribution in [0.25, 0.3) is 0 Å². The summed E-state index contributed by atoms with van der Waals surface area (Å²) in [6.07, 6.45) is 9.06. The molecule has 0 amide bonds. The molecule has 0 aromatic rings. The Bertz CT molecular complexity index is 334. The number of allylic oxidation sites excluding steroid dienone is 3. The Morgan fingerprint density at radius 1 is 1.20 bits per heavy atom. The predicted octanol–water partition coefficient (Wildman–Crippen LogP) is 5.96. The first-order valence-electron chi connectivity index (χ1n) is 7.97. The zero-order valence-electron chi connectivity index (χ0n) is 14.5. The molecule has 1 heteroatoms. The number of carbonyl (C=O) groups is 1. The largest absolute Gasteiger partial charge is 0.300 e. The normalized spacial score (nSPS) is 15.6. The van der Waals surface area contributed by atoms with Gasteiger partial charge in [-0.1, -0.05) is 45.4 Å². The van der Waals surface area contributed by atoms with Crippen molar-refractivity contribution in [3.8, 4) is 0 Å². The van der Waals surface area contributed by atoms with Crippen molar-refractivity contribution < 1.29 is 4.79 Å². The second kappa shape index (κ2) is 9.15. The van der Waals surface area contributed by atoms with Crippen molar-refractivity contribution in [3.63, 3.8) is 0 Å². The average molecular weight is 278 g/mol. The van der Waals surface area contributed by atoms with Crippen LogP contribution < -0.4 is 0 Å². The Hall–Kier alpha value is -0.850. The van der Waals surface area contributed by atoms with Gasteiger partial charge >= 0.3 is 0 Å². The first-order valence-corrected chi connectivity index (χ1v) is 7.97. The summed E-state index contributed by atoms with van der Waals surface area (Å²) in [7, 11) is 0. The molecule has 2 atom stereocenters. The van der Waals surface area contributed by atoms with Crippen molar-refractivity contribution >= 4 is 5.78 Å². The number of carbonyl (C=O) groups excluding carboxylic acids is 1. The van der Waals surface area contributed by atoms with Crippen molar-refractivity contribution in [2.24, 2.45) is 17.3 Å². The molecule has 0 spiro atoms.